The molecule has 0 aromatic rings. The zero-order valence-corrected chi connectivity index (χ0v) is 8.27. The van der Waals surface area contributed by atoms with Crippen molar-refractivity contribution in [2.24, 2.45) is 0 Å². The predicted molar refractivity (Wildman–Crippen MR) is 53.3 cm³/mol. The lowest BCUT2D eigenvalue weighted by Gasteiger charge is -2.28. The summed E-state index contributed by atoms with van der Waals surface area (Å²) < 4.78 is 0. The number of hydrogen-bond donors (Lipinski definition) is 0. The predicted octanol–water partition coefficient (Wildman–Crippen LogP) is 1.53. The van der Waals surface area contributed by atoms with Gasteiger partial charge in [-0.2, -0.15) is 0 Å². The van der Waals surface area contributed by atoms with E-state index in [4.69, 9.17) is 0 Å². The van der Waals surface area contributed by atoms with Gasteiger partial charge < -0.3 is 4.90 Å². The Morgan fingerprint density at radius 3 is 3.25 bits per heavy atom. The van der Waals surface area contributed by atoms with Gasteiger partial charge in [-0.3, -0.25) is 4.79 Å². The van der Waals surface area contributed by atoms with Gasteiger partial charge >= 0.3 is 0 Å². The minimum Gasteiger partial charge on any atom is -0.345 e. The van der Waals surface area contributed by atoms with E-state index in [-0.39, 0.29) is 11.2 Å². The van der Waals surface area contributed by atoms with Gasteiger partial charge in [-0.1, -0.05) is 6.08 Å². The third-order valence-corrected chi connectivity index (χ3v) is 3.29. The van der Waals surface area contributed by atoms with Crippen LogP contribution >= 0.6 is 11.8 Å². The van der Waals surface area contributed by atoms with Crippen LogP contribution in [0.15, 0.2) is 12.7 Å². The molecule has 0 aromatic heterocycles. The minimum absolute atomic E-state index is 0.182. The summed E-state index contributed by atoms with van der Waals surface area (Å²) in [5, 5.41) is 0.182. The fourth-order valence-corrected chi connectivity index (χ4v) is 2.36. The average Bonchev–Trinajstić information content (AvgIpc) is 2.08. The average molecular weight is 185 g/mol. The molecule has 0 saturated carbocycles. The monoisotopic (exact) mass is 185 g/mol. The normalized spacial score (nSPS) is 24.2. The van der Waals surface area contributed by atoms with Crippen molar-refractivity contribution >= 4 is 17.7 Å². The molecule has 3 heteroatoms. The van der Waals surface area contributed by atoms with Gasteiger partial charge in [0.05, 0.1) is 5.25 Å². The van der Waals surface area contributed by atoms with Crippen LogP contribution in [0.1, 0.15) is 12.8 Å². The molecule has 1 fully saturated rings. The van der Waals surface area contributed by atoms with Gasteiger partial charge in [0.2, 0.25) is 5.91 Å². The quantitative estimate of drug-likeness (QED) is 0.621. The van der Waals surface area contributed by atoms with E-state index < -0.39 is 0 Å². The zero-order chi connectivity index (χ0) is 8.97. The summed E-state index contributed by atoms with van der Waals surface area (Å²) in [5.74, 6) is 1.16. The highest BCUT2D eigenvalue weighted by molar-refractivity contribution is 8.00. The van der Waals surface area contributed by atoms with Crippen LogP contribution in [-0.2, 0) is 4.79 Å². The molecule has 1 rings (SSSR count). The summed E-state index contributed by atoms with van der Waals surface area (Å²) in [6.07, 6.45) is 4.02. The Morgan fingerprint density at radius 2 is 2.58 bits per heavy atom. The molecule has 0 spiro atoms. The van der Waals surface area contributed by atoms with Crippen LogP contribution in [0.5, 0.6) is 0 Å². The van der Waals surface area contributed by atoms with Crippen LogP contribution in [0.25, 0.3) is 0 Å². The van der Waals surface area contributed by atoms with E-state index in [9.17, 15) is 4.79 Å². The minimum atomic E-state index is 0.182. The van der Waals surface area contributed by atoms with Crippen LogP contribution in [-0.4, -0.2) is 35.4 Å². The summed E-state index contributed by atoms with van der Waals surface area (Å²) in [6.45, 7) is 4.56. The first-order valence-corrected chi connectivity index (χ1v) is 5.28. The van der Waals surface area contributed by atoms with Gasteiger partial charge in [0, 0.05) is 19.3 Å². The second-order valence-electron chi connectivity index (χ2n) is 3.01. The molecule has 0 N–H and O–H groups in total. The van der Waals surface area contributed by atoms with Gasteiger partial charge in [0.1, 0.15) is 0 Å². The number of thioether (sulfide) groups is 1. The maximum absolute atomic E-state index is 11.5. The van der Waals surface area contributed by atoms with Gasteiger partial charge in [-0.15, -0.1) is 18.3 Å². The van der Waals surface area contributed by atoms with Crippen LogP contribution < -0.4 is 0 Å². The zero-order valence-electron chi connectivity index (χ0n) is 7.45. The molecule has 1 aliphatic heterocycles. The molecule has 0 bridgehead atoms. The molecular formula is C9H15NOS. The number of likely N-dealkylation sites (tertiary alicyclic amines) is 1. The first kappa shape index (κ1) is 9.65. The second kappa shape index (κ2) is 4.55. The van der Waals surface area contributed by atoms with E-state index in [1.807, 2.05) is 18.0 Å². The third kappa shape index (κ3) is 2.27. The number of carbonyl (C=O) groups excluding carboxylic acids is 1. The Balaban J connectivity index is 2.40. The number of amides is 1. The molecule has 1 aliphatic rings. The van der Waals surface area contributed by atoms with E-state index in [2.05, 4.69) is 6.58 Å². The van der Waals surface area contributed by atoms with Gasteiger partial charge in [-0.25, -0.2) is 0 Å². The van der Waals surface area contributed by atoms with E-state index in [0.29, 0.717) is 0 Å². The first-order chi connectivity index (χ1) is 5.75. The summed E-state index contributed by atoms with van der Waals surface area (Å²) in [6, 6.07) is 0. The van der Waals surface area contributed by atoms with Crippen molar-refractivity contribution in [2.75, 3.05) is 19.3 Å². The van der Waals surface area contributed by atoms with Gasteiger partial charge in [-0.05, 0) is 12.8 Å². The van der Waals surface area contributed by atoms with Gasteiger partial charge in [0.25, 0.3) is 0 Å². The molecule has 1 unspecified atom stereocenters. The molecule has 0 aromatic carbocycles. The summed E-state index contributed by atoms with van der Waals surface area (Å²) in [7, 11) is 1.88. The van der Waals surface area contributed by atoms with Gasteiger partial charge in [0.15, 0.2) is 0 Å². The Bertz CT molecular complexity index is 181. The lowest BCUT2D eigenvalue weighted by atomic mass is 10.1. The van der Waals surface area contributed by atoms with Crippen molar-refractivity contribution in [1.29, 1.82) is 0 Å². The standard InChI is InChI=1S/C9H15NOS/c1-3-7-12-8-5-4-6-10(2)9(8)11/h3,8H,1,4-7H2,2H3. The lowest BCUT2D eigenvalue weighted by molar-refractivity contribution is -0.131. The highest BCUT2D eigenvalue weighted by Crippen LogP contribution is 2.22. The number of hydrogen-bond acceptors (Lipinski definition) is 2. The molecule has 0 radical (unpaired) electrons. The molecule has 1 atom stereocenters. The van der Waals surface area contributed by atoms with Crippen LogP contribution in [0.3, 0.4) is 0 Å². The maximum atomic E-state index is 11.5. The van der Waals surface area contributed by atoms with Crippen molar-refractivity contribution < 1.29 is 4.79 Å². The number of piperidine rings is 1. The van der Waals surface area contributed by atoms with E-state index in [1.54, 1.807) is 11.8 Å². The Morgan fingerprint density at radius 1 is 1.83 bits per heavy atom. The van der Waals surface area contributed by atoms with E-state index in [0.717, 1.165) is 25.1 Å². The second-order valence-corrected chi connectivity index (χ2v) is 4.25. The van der Waals surface area contributed by atoms with Crippen molar-refractivity contribution in [2.45, 2.75) is 18.1 Å². The summed E-state index contributed by atoms with van der Waals surface area (Å²) >= 11 is 1.70. The Hall–Kier alpha value is -0.440. The van der Waals surface area contributed by atoms with Crippen molar-refractivity contribution in [3.05, 3.63) is 12.7 Å². The third-order valence-electron chi connectivity index (χ3n) is 2.03. The van der Waals surface area contributed by atoms with Crippen molar-refractivity contribution in [3.8, 4) is 0 Å². The molecule has 12 heavy (non-hydrogen) atoms. The molecule has 1 heterocycles. The van der Waals surface area contributed by atoms with Crippen LogP contribution in [0.2, 0.25) is 0 Å². The fourth-order valence-electron chi connectivity index (χ4n) is 1.33. The summed E-state index contributed by atoms with van der Waals surface area (Å²) in [4.78, 5) is 13.3. The van der Waals surface area contributed by atoms with Crippen molar-refractivity contribution in [1.82, 2.24) is 4.90 Å². The number of nitrogens with zero attached hydrogens (tertiary/aromatic N) is 1. The smallest absolute Gasteiger partial charge is 0.235 e. The lowest BCUT2D eigenvalue weighted by Crippen LogP contribution is -2.40. The number of carbonyl (C=O) groups is 1. The fraction of sp³-hybridized carbons (Fsp3) is 0.667. The van der Waals surface area contributed by atoms with Crippen molar-refractivity contribution in [3.63, 3.8) is 0 Å². The van der Waals surface area contributed by atoms with Crippen LogP contribution in [0.4, 0.5) is 0 Å². The molecule has 68 valence electrons. The van der Waals surface area contributed by atoms with E-state index >= 15 is 0 Å². The molecule has 1 amide bonds. The largest absolute Gasteiger partial charge is 0.345 e. The SMILES string of the molecule is C=CCSC1CCCN(C)C1=O. The molecule has 1 saturated heterocycles. The van der Waals surface area contributed by atoms with Crippen LogP contribution in [0, 0.1) is 0 Å². The summed E-state index contributed by atoms with van der Waals surface area (Å²) in [5.41, 5.74) is 0. The maximum Gasteiger partial charge on any atom is 0.235 e. The molecule has 2 nitrogen and oxygen atoms in total. The number of rotatable bonds is 3. The molecular weight excluding hydrogens is 170 g/mol. The Kier molecular flexibility index (Phi) is 3.66. The highest BCUT2D eigenvalue weighted by Gasteiger charge is 2.25. The topological polar surface area (TPSA) is 20.3 Å². The van der Waals surface area contributed by atoms with E-state index in [1.165, 1.54) is 0 Å². The Labute approximate surface area is 78.0 Å². The molecule has 0 aliphatic carbocycles. The first-order valence-electron chi connectivity index (χ1n) is 4.23. The highest BCUT2D eigenvalue weighted by atomic mass is 32.2.